The summed E-state index contributed by atoms with van der Waals surface area (Å²) in [4.78, 5) is 14.0. The van der Waals surface area contributed by atoms with Crippen molar-refractivity contribution < 1.29 is 23.0 Å². The normalized spacial score (nSPS) is 13.1. The van der Waals surface area contributed by atoms with Crippen LogP contribution in [-0.4, -0.2) is 26.2 Å². The maximum atomic E-state index is 14.0. The van der Waals surface area contributed by atoms with Crippen molar-refractivity contribution in [1.29, 1.82) is 0 Å². The molecular weight excluding hydrogens is 352 g/mol. The minimum atomic E-state index is -0.702. The molecular formula is C21H21F2NO3. The van der Waals surface area contributed by atoms with Crippen LogP contribution < -0.4 is 14.4 Å². The third-order valence-corrected chi connectivity index (χ3v) is 4.50. The molecule has 1 aliphatic heterocycles. The van der Waals surface area contributed by atoms with E-state index in [1.165, 1.54) is 18.1 Å². The van der Waals surface area contributed by atoms with Crippen LogP contribution >= 0.6 is 0 Å². The van der Waals surface area contributed by atoms with Gasteiger partial charge < -0.3 is 14.4 Å². The number of amides is 1. The van der Waals surface area contributed by atoms with E-state index in [1.807, 2.05) is 12.1 Å². The Morgan fingerprint density at radius 1 is 1.26 bits per heavy atom. The Hall–Kier alpha value is -2.89. The number of methoxy groups -OCH3 is 1. The van der Waals surface area contributed by atoms with Gasteiger partial charge >= 0.3 is 0 Å². The summed E-state index contributed by atoms with van der Waals surface area (Å²) in [6.45, 7) is 3.84. The lowest BCUT2D eigenvalue weighted by atomic mass is 10.0. The van der Waals surface area contributed by atoms with E-state index < -0.39 is 11.6 Å². The third-order valence-electron chi connectivity index (χ3n) is 4.50. The molecule has 0 unspecified atom stereocenters. The highest BCUT2D eigenvalue weighted by molar-refractivity contribution is 5.95. The molecule has 0 atom stereocenters. The highest BCUT2D eigenvalue weighted by Crippen LogP contribution is 2.31. The number of carbonyl (C=O) groups excluding carboxylic acids is 1. The number of anilines is 1. The lowest BCUT2D eigenvalue weighted by Crippen LogP contribution is -2.39. The number of nitrogens with zero attached hydrogens (tertiary/aromatic N) is 1. The van der Waals surface area contributed by atoms with Crippen LogP contribution in [0.25, 0.3) is 0 Å². The molecule has 0 saturated carbocycles. The number of benzene rings is 2. The predicted molar refractivity (Wildman–Crippen MR) is 99.4 cm³/mol. The van der Waals surface area contributed by atoms with E-state index in [9.17, 15) is 13.6 Å². The van der Waals surface area contributed by atoms with Gasteiger partial charge in [0.05, 0.1) is 12.8 Å². The molecule has 3 rings (SSSR count). The number of fused-ring (bicyclic) bond motifs is 1. The molecule has 0 spiro atoms. The summed E-state index contributed by atoms with van der Waals surface area (Å²) in [5, 5.41) is 0. The number of rotatable bonds is 6. The molecule has 6 heteroatoms. The van der Waals surface area contributed by atoms with Gasteiger partial charge in [0.2, 0.25) is 0 Å². The standard InChI is InChI=1S/C21H21F2NO3/c1-3-5-14-7-8-19(20(10-14)26-2)27-13-21(25)24-9-4-6-16-17(23)11-15(22)12-18(16)24/h3,7-8,10-12H,1,4-6,9,13H2,2H3. The van der Waals surface area contributed by atoms with Crippen molar-refractivity contribution in [3.8, 4) is 11.5 Å². The molecule has 2 aromatic rings. The van der Waals surface area contributed by atoms with Gasteiger partial charge in [-0.05, 0) is 43.0 Å². The van der Waals surface area contributed by atoms with E-state index in [0.717, 1.165) is 11.6 Å². The molecule has 0 bridgehead atoms. The molecule has 0 aliphatic carbocycles. The molecule has 1 aliphatic rings. The molecule has 0 radical (unpaired) electrons. The first kappa shape index (κ1) is 18.9. The fraction of sp³-hybridized carbons (Fsp3) is 0.286. The summed E-state index contributed by atoms with van der Waals surface area (Å²) in [5.74, 6) is -0.744. The zero-order valence-electron chi connectivity index (χ0n) is 15.1. The maximum Gasteiger partial charge on any atom is 0.264 e. The van der Waals surface area contributed by atoms with Gasteiger partial charge in [-0.15, -0.1) is 6.58 Å². The van der Waals surface area contributed by atoms with E-state index in [0.29, 0.717) is 42.9 Å². The highest BCUT2D eigenvalue weighted by atomic mass is 19.1. The van der Waals surface area contributed by atoms with Crippen LogP contribution in [-0.2, 0) is 17.6 Å². The number of allylic oxidation sites excluding steroid dienone is 1. The molecule has 0 fully saturated rings. The predicted octanol–water partition coefficient (Wildman–Crippen LogP) is 4.06. The van der Waals surface area contributed by atoms with Crippen LogP contribution in [0.1, 0.15) is 17.5 Å². The van der Waals surface area contributed by atoms with Gasteiger partial charge in [0.1, 0.15) is 11.6 Å². The fourth-order valence-electron chi connectivity index (χ4n) is 3.21. The first-order chi connectivity index (χ1) is 13.0. The smallest absolute Gasteiger partial charge is 0.264 e. The second-order valence-electron chi connectivity index (χ2n) is 6.30. The van der Waals surface area contributed by atoms with E-state index in [1.54, 1.807) is 12.1 Å². The van der Waals surface area contributed by atoms with Crippen LogP contribution in [0.3, 0.4) is 0 Å². The van der Waals surface area contributed by atoms with Gasteiger partial charge in [-0.1, -0.05) is 12.1 Å². The monoisotopic (exact) mass is 373 g/mol. The second-order valence-corrected chi connectivity index (χ2v) is 6.30. The Balaban J connectivity index is 1.75. The summed E-state index contributed by atoms with van der Waals surface area (Å²) in [5.41, 5.74) is 1.65. The molecule has 4 nitrogen and oxygen atoms in total. The summed E-state index contributed by atoms with van der Waals surface area (Å²) >= 11 is 0. The van der Waals surface area contributed by atoms with Crippen molar-refractivity contribution in [2.45, 2.75) is 19.3 Å². The van der Waals surface area contributed by atoms with Crippen molar-refractivity contribution in [2.24, 2.45) is 0 Å². The molecule has 0 aromatic heterocycles. The Morgan fingerprint density at radius 3 is 2.81 bits per heavy atom. The molecule has 0 saturated heterocycles. The van der Waals surface area contributed by atoms with Crippen molar-refractivity contribution >= 4 is 11.6 Å². The van der Waals surface area contributed by atoms with Crippen molar-refractivity contribution in [2.75, 3.05) is 25.2 Å². The number of carbonyl (C=O) groups is 1. The molecule has 27 heavy (non-hydrogen) atoms. The lowest BCUT2D eigenvalue weighted by molar-refractivity contribution is -0.120. The molecule has 0 N–H and O–H groups in total. The quantitative estimate of drug-likeness (QED) is 0.717. The Morgan fingerprint density at radius 2 is 2.07 bits per heavy atom. The van der Waals surface area contributed by atoms with Crippen LogP contribution in [0.2, 0.25) is 0 Å². The van der Waals surface area contributed by atoms with Gasteiger partial charge in [-0.25, -0.2) is 8.78 Å². The minimum absolute atomic E-state index is 0.255. The number of hydrogen-bond acceptors (Lipinski definition) is 3. The minimum Gasteiger partial charge on any atom is -0.493 e. The van der Waals surface area contributed by atoms with E-state index in [4.69, 9.17) is 9.47 Å². The van der Waals surface area contributed by atoms with Crippen LogP contribution in [0, 0.1) is 11.6 Å². The Labute approximate surface area is 157 Å². The molecule has 1 heterocycles. The third kappa shape index (κ3) is 4.10. The zero-order valence-corrected chi connectivity index (χ0v) is 15.1. The fourth-order valence-corrected chi connectivity index (χ4v) is 3.21. The van der Waals surface area contributed by atoms with Crippen LogP contribution in [0.4, 0.5) is 14.5 Å². The molecule has 142 valence electrons. The SMILES string of the molecule is C=CCc1ccc(OCC(=O)N2CCCc3c(F)cc(F)cc32)c(OC)c1. The van der Waals surface area contributed by atoms with Crippen LogP contribution in [0.15, 0.2) is 43.0 Å². The second kappa shape index (κ2) is 8.20. The van der Waals surface area contributed by atoms with Gasteiger partial charge in [0, 0.05) is 18.2 Å². The average molecular weight is 373 g/mol. The lowest BCUT2D eigenvalue weighted by Gasteiger charge is -2.29. The average Bonchev–Trinajstić information content (AvgIpc) is 2.66. The number of halogens is 2. The van der Waals surface area contributed by atoms with E-state index >= 15 is 0 Å². The van der Waals surface area contributed by atoms with Crippen molar-refractivity contribution in [3.05, 3.63) is 65.7 Å². The van der Waals surface area contributed by atoms with Gasteiger partial charge in [0.25, 0.3) is 5.91 Å². The summed E-state index contributed by atoms with van der Waals surface area (Å²) in [6, 6.07) is 7.46. The van der Waals surface area contributed by atoms with Crippen molar-refractivity contribution in [3.63, 3.8) is 0 Å². The number of ether oxygens (including phenoxy) is 2. The van der Waals surface area contributed by atoms with Gasteiger partial charge in [-0.2, -0.15) is 0 Å². The first-order valence-electron chi connectivity index (χ1n) is 8.72. The summed E-state index contributed by atoms with van der Waals surface area (Å²) < 4.78 is 38.5. The van der Waals surface area contributed by atoms with Gasteiger partial charge in [-0.3, -0.25) is 4.79 Å². The van der Waals surface area contributed by atoms with E-state index in [2.05, 4.69) is 6.58 Å². The number of hydrogen-bond donors (Lipinski definition) is 0. The summed E-state index contributed by atoms with van der Waals surface area (Å²) in [6.07, 6.45) is 3.56. The highest BCUT2D eigenvalue weighted by Gasteiger charge is 2.26. The van der Waals surface area contributed by atoms with Crippen LogP contribution in [0.5, 0.6) is 11.5 Å². The summed E-state index contributed by atoms with van der Waals surface area (Å²) in [7, 11) is 1.52. The largest absolute Gasteiger partial charge is 0.493 e. The van der Waals surface area contributed by atoms with E-state index in [-0.39, 0.29) is 18.2 Å². The Kier molecular flexibility index (Phi) is 5.74. The first-order valence-corrected chi connectivity index (χ1v) is 8.72. The van der Waals surface area contributed by atoms with Crippen molar-refractivity contribution in [1.82, 2.24) is 0 Å². The zero-order chi connectivity index (χ0) is 19.4. The van der Waals surface area contributed by atoms with Gasteiger partial charge in [0.15, 0.2) is 18.1 Å². The molecule has 2 aromatic carbocycles. The maximum absolute atomic E-state index is 14.0. The Bertz CT molecular complexity index is 867. The molecule has 1 amide bonds. The topological polar surface area (TPSA) is 38.8 Å².